The average Bonchev–Trinajstić information content (AvgIpc) is 2.97. The van der Waals surface area contributed by atoms with Crippen LogP contribution in [0, 0.1) is 0 Å². The first-order chi connectivity index (χ1) is 6.88. The standard InChI is InChI=1S/C6H13N.C6H4O/c1-2-7-5-3-4-6-7;1-2-6-4-3-5(1)7-6/h2-6H2,1H3;1-4H. The number of rotatable bonds is 1. The summed E-state index contributed by atoms with van der Waals surface area (Å²) in [7, 11) is 0. The highest BCUT2D eigenvalue weighted by Crippen LogP contribution is 2.13. The lowest BCUT2D eigenvalue weighted by Crippen LogP contribution is -2.17. The molecule has 2 nitrogen and oxygen atoms in total. The highest BCUT2D eigenvalue weighted by molar-refractivity contribution is 5.59. The molecule has 1 fully saturated rings. The molecule has 14 heavy (non-hydrogen) atoms. The van der Waals surface area contributed by atoms with Gasteiger partial charge in [0.25, 0.3) is 0 Å². The molecule has 0 radical (unpaired) electrons. The Balaban J connectivity index is 0.000000107. The summed E-state index contributed by atoms with van der Waals surface area (Å²) in [4.78, 5) is 2.49. The smallest absolute Gasteiger partial charge is 0.127 e. The molecule has 0 unspecified atom stereocenters. The number of fused-ring (bicyclic) bond motifs is 2. The SMILES string of the molecule is CCN1CCCC1.c1cc2ccc1o2. The van der Waals surface area contributed by atoms with Gasteiger partial charge in [-0.15, -0.1) is 0 Å². The molecule has 1 saturated heterocycles. The summed E-state index contributed by atoms with van der Waals surface area (Å²) in [5.41, 5.74) is 1.94. The first-order valence-corrected chi connectivity index (χ1v) is 5.39. The van der Waals surface area contributed by atoms with Gasteiger partial charge in [-0.3, -0.25) is 0 Å². The van der Waals surface area contributed by atoms with E-state index >= 15 is 0 Å². The Kier molecular flexibility index (Phi) is 3.04. The van der Waals surface area contributed by atoms with Crippen LogP contribution >= 0.6 is 0 Å². The molecule has 1 aliphatic heterocycles. The molecule has 1 aliphatic rings. The van der Waals surface area contributed by atoms with Crippen LogP contribution in [0.1, 0.15) is 19.8 Å². The second-order valence-corrected chi connectivity index (χ2v) is 3.71. The second kappa shape index (κ2) is 4.47. The number of nitrogens with zero attached hydrogens (tertiary/aromatic N) is 1. The minimum atomic E-state index is 0.968. The van der Waals surface area contributed by atoms with Crippen LogP contribution < -0.4 is 0 Å². The number of benzene rings is 1. The van der Waals surface area contributed by atoms with Gasteiger partial charge >= 0.3 is 0 Å². The fraction of sp³-hybridized carbons (Fsp3) is 0.500. The molecule has 76 valence electrons. The molecule has 3 rings (SSSR count). The molecule has 2 bridgehead atoms. The summed E-state index contributed by atoms with van der Waals surface area (Å²) in [5, 5.41) is 0. The molecule has 2 aromatic rings. The average molecular weight is 191 g/mol. The summed E-state index contributed by atoms with van der Waals surface area (Å²) in [6, 6.07) is 7.81. The minimum Gasteiger partial charge on any atom is -0.457 e. The van der Waals surface area contributed by atoms with Crippen LogP contribution in [0.5, 0.6) is 0 Å². The van der Waals surface area contributed by atoms with Gasteiger partial charge in [-0.05, 0) is 56.7 Å². The van der Waals surface area contributed by atoms with Crippen LogP contribution in [-0.2, 0) is 0 Å². The number of furan rings is 2. The normalized spacial score (nSPS) is 17.2. The van der Waals surface area contributed by atoms with E-state index in [2.05, 4.69) is 11.8 Å². The molecule has 2 aromatic heterocycles. The molecule has 0 spiro atoms. The summed E-state index contributed by atoms with van der Waals surface area (Å²) < 4.78 is 5.08. The van der Waals surface area contributed by atoms with Gasteiger partial charge in [-0.25, -0.2) is 0 Å². The largest absolute Gasteiger partial charge is 0.457 e. The van der Waals surface area contributed by atoms with Gasteiger partial charge in [0, 0.05) is 0 Å². The van der Waals surface area contributed by atoms with E-state index in [1.807, 2.05) is 24.3 Å². The Labute approximate surface area is 84.8 Å². The van der Waals surface area contributed by atoms with Crippen molar-refractivity contribution < 1.29 is 4.42 Å². The van der Waals surface area contributed by atoms with Crippen LogP contribution in [-0.4, -0.2) is 24.5 Å². The van der Waals surface area contributed by atoms with Gasteiger partial charge in [0.2, 0.25) is 0 Å². The Morgan fingerprint density at radius 1 is 1.07 bits per heavy atom. The third kappa shape index (κ3) is 2.26. The number of likely N-dealkylation sites (tertiary alicyclic amines) is 1. The molecule has 0 N–H and O–H groups in total. The third-order valence-corrected chi connectivity index (χ3v) is 2.71. The van der Waals surface area contributed by atoms with E-state index in [1.165, 1.54) is 32.5 Å². The van der Waals surface area contributed by atoms with Crippen molar-refractivity contribution in [2.75, 3.05) is 19.6 Å². The fourth-order valence-electron chi connectivity index (χ4n) is 1.81. The van der Waals surface area contributed by atoms with Crippen molar-refractivity contribution >= 4 is 11.2 Å². The number of hydrogen-bond acceptors (Lipinski definition) is 2. The zero-order valence-electron chi connectivity index (χ0n) is 8.70. The maximum atomic E-state index is 5.08. The summed E-state index contributed by atoms with van der Waals surface area (Å²) in [5.74, 6) is 0. The van der Waals surface area contributed by atoms with E-state index in [0.717, 1.165) is 11.2 Å². The topological polar surface area (TPSA) is 16.4 Å². The van der Waals surface area contributed by atoms with Gasteiger partial charge in [-0.1, -0.05) is 6.92 Å². The second-order valence-electron chi connectivity index (χ2n) is 3.71. The summed E-state index contributed by atoms with van der Waals surface area (Å²) >= 11 is 0. The van der Waals surface area contributed by atoms with Crippen molar-refractivity contribution in [1.29, 1.82) is 0 Å². The third-order valence-electron chi connectivity index (χ3n) is 2.71. The van der Waals surface area contributed by atoms with E-state index in [-0.39, 0.29) is 0 Å². The monoisotopic (exact) mass is 191 g/mol. The van der Waals surface area contributed by atoms with Crippen molar-refractivity contribution in [2.24, 2.45) is 0 Å². The molecule has 0 saturated carbocycles. The molecule has 0 atom stereocenters. The molecule has 0 aliphatic carbocycles. The Morgan fingerprint density at radius 2 is 1.57 bits per heavy atom. The van der Waals surface area contributed by atoms with Gasteiger partial charge in [0.05, 0.1) is 0 Å². The lowest BCUT2D eigenvalue weighted by Gasteiger charge is -2.08. The predicted octanol–water partition coefficient (Wildman–Crippen LogP) is 2.97. The molecule has 0 amide bonds. The van der Waals surface area contributed by atoms with Gasteiger partial charge in [0.15, 0.2) is 0 Å². The van der Waals surface area contributed by atoms with Crippen molar-refractivity contribution in [1.82, 2.24) is 4.90 Å². The quantitative estimate of drug-likeness (QED) is 0.689. The van der Waals surface area contributed by atoms with Crippen molar-refractivity contribution in [2.45, 2.75) is 19.8 Å². The van der Waals surface area contributed by atoms with E-state index in [1.54, 1.807) is 0 Å². The van der Waals surface area contributed by atoms with Crippen LogP contribution in [0.3, 0.4) is 0 Å². The van der Waals surface area contributed by atoms with E-state index in [9.17, 15) is 0 Å². The Morgan fingerprint density at radius 3 is 1.79 bits per heavy atom. The minimum absolute atomic E-state index is 0.968. The summed E-state index contributed by atoms with van der Waals surface area (Å²) in [6.07, 6.45) is 2.85. The zero-order valence-corrected chi connectivity index (χ0v) is 8.70. The summed E-state index contributed by atoms with van der Waals surface area (Å²) in [6.45, 7) is 6.16. The van der Waals surface area contributed by atoms with Crippen LogP contribution in [0.15, 0.2) is 28.7 Å². The van der Waals surface area contributed by atoms with Gasteiger partial charge in [0.1, 0.15) is 11.2 Å². The first-order valence-electron chi connectivity index (χ1n) is 5.39. The molecular weight excluding hydrogens is 174 g/mol. The Hall–Kier alpha value is -1.02. The van der Waals surface area contributed by atoms with Crippen LogP contribution in [0.25, 0.3) is 11.2 Å². The lowest BCUT2D eigenvalue weighted by molar-refractivity contribution is 0.359. The maximum absolute atomic E-state index is 5.08. The Bertz CT molecular complexity index is 304. The van der Waals surface area contributed by atoms with E-state index in [4.69, 9.17) is 4.42 Å². The van der Waals surface area contributed by atoms with E-state index < -0.39 is 0 Å². The fourth-order valence-corrected chi connectivity index (χ4v) is 1.81. The van der Waals surface area contributed by atoms with Gasteiger partial charge < -0.3 is 9.32 Å². The van der Waals surface area contributed by atoms with Crippen LogP contribution in [0.2, 0.25) is 0 Å². The maximum Gasteiger partial charge on any atom is 0.127 e. The first kappa shape index (κ1) is 9.53. The number of hydrogen-bond donors (Lipinski definition) is 0. The van der Waals surface area contributed by atoms with Crippen molar-refractivity contribution in [3.8, 4) is 0 Å². The van der Waals surface area contributed by atoms with Crippen molar-refractivity contribution in [3.63, 3.8) is 0 Å². The molecular formula is C12H17NO. The lowest BCUT2D eigenvalue weighted by atomic mass is 10.4. The zero-order chi connectivity index (χ0) is 9.80. The molecule has 0 aromatic carbocycles. The van der Waals surface area contributed by atoms with E-state index in [0.29, 0.717) is 0 Å². The highest BCUT2D eigenvalue weighted by atomic mass is 16.3. The molecule has 2 heteroatoms. The van der Waals surface area contributed by atoms with Gasteiger partial charge in [-0.2, -0.15) is 0 Å². The molecule has 3 heterocycles. The van der Waals surface area contributed by atoms with Crippen molar-refractivity contribution in [3.05, 3.63) is 24.3 Å². The predicted molar refractivity (Wildman–Crippen MR) is 58.7 cm³/mol. The highest BCUT2D eigenvalue weighted by Gasteiger charge is 2.06. The van der Waals surface area contributed by atoms with Crippen LogP contribution in [0.4, 0.5) is 0 Å².